The van der Waals surface area contributed by atoms with E-state index in [1.807, 2.05) is 24.3 Å². The fraction of sp³-hybridized carbons (Fsp3) is 0.105. The van der Waals surface area contributed by atoms with Crippen molar-refractivity contribution in [3.63, 3.8) is 0 Å². The van der Waals surface area contributed by atoms with Crippen LogP contribution in [0.25, 0.3) is 16.7 Å². The van der Waals surface area contributed by atoms with Gasteiger partial charge in [-0.1, -0.05) is 53.7 Å². The highest BCUT2D eigenvalue weighted by atomic mass is 35.5. The Morgan fingerprint density at radius 2 is 2.04 bits per heavy atom. The van der Waals surface area contributed by atoms with E-state index in [1.54, 1.807) is 16.8 Å². The molecule has 0 atom stereocenters. The molecular weight excluding hydrogens is 368 g/mol. The van der Waals surface area contributed by atoms with Gasteiger partial charge in [0, 0.05) is 10.8 Å². The molecule has 0 saturated heterocycles. The van der Waals surface area contributed by atoms with Gasteiger partial charge in [-0.25, -0.2) is 9.67 Å². The highest BCUT2D eigenvalue weighted by Gasteiger charge is 2.12. The minimum Gasteiger partial charge on any atom is -0.301 e. The number of H-pyrrole nitrogens is 1. The van der Waals surface area contributed by atoms with E-state index in [0.29, 0.717) is 21.2 Å². The van der Waals surface area contributed by atoms with Crippen LogP contribution in [0, 0.1) is 6.92 Å². The van der Waals surface area contributed by atoms with Gasteiger partial charge >= 0.3 is 0 Å². The largest absolute Gasteiger partial charge is 0.301 e. The lowest BCUT2D eigenvalue weighted by molar-refractivity contribution is 0.873. The number of hydrogen-bond acceptors (Lipinski definition) is 4. The van der Waals surface area contributed by atoms with E-state index in [-0.39, 0.29) is 5.56 Å². The average molecular weight is 383 g/mol. The Morgan fingerprint density at radius 1 is 1.19 bits per heavy atom. The van der Waals surface area contributed by atoms with E-state index in [0.717, 1.165) is 11.4 Å². The molecule has 26 heavy (non-hydrogen) atoms. The van der Waals surface area contributed by atoms with Gasteiger partial charge in [-0.05, 0) is 36.2 Å². The molecule has 0 saturated carbocycles. The lowest BCUT2D eigenvalue weighted by atomic mass is 10.1. The maximum Gasteiger partial charge on any atom is 0.262 e. The summed E-state index contributed by atoms with van der Waals surface area (Å²) in [5.74, 6) is 0.729. The number of fused-ring (bicyclic) bond motifs is 1. The number of halogens is 1. The predicted octanol–water partition coefficient (Wildman–Crippen LogP) is 4.36. The Labute approximate surface area is 159 Å². The number of rotatable bonds is 4. The van der Waals surface area contributed by atoms with Crippen LogP contribution in [0.5, 0.6) is 0 Å². The minimum atomic E-state index is -0.199. The van der Waals surface area contributed by atoms with Gasteiger partial charge in [0.1, 0.15) is 5.39 Å². The van der Waals surface area contributed by atoms with E-state index in [2.05, 4.69) is 34.1 Å². The van der Waals surface area contributed by atoms with Crippen LogP contribution < -0.4 is 5.56 Å². The molecule has 0 aliphatic rings. The summed E-state index contributed by atoms with van der Waals surface area (Å²) in [5, 5.41) is 5.92. The Bertz CT molecular complexity index is 1150. The van der Waals surface area contributed by atoms with Gasteiger partial charge in [-0.15, -0.1) is 0 Å². The van der Waals surface area contributed by atoms with E-state index >= 15 is 0 Å². The van der Waals surface area contributed by atoms with Gasteiger partial charge in [0.25, 0.3) is 5.56 Å². The summed E-state index contributed by atoms with van der Waals surface area (Å²) in [5.41, 5.74) is 3.51. The van der Waals surface area contributed by atoms with Crippen LogP contribution in [0.1, 0.15) is 11.1 Å². The molecule has 0 aliphatic heterocycles. The number of aryl methyl sites for hydroxylation is 1. The van der Waals surface area contributed by atoms with Gasteiger partial charge in [-0.2, -0.15) is 5.10 Å². The van der Waals surface area contributed by atoms with Gasteiger partial charge in [0.05, 0.1) is 11.9 Å². The number of nitrogens with one attached hydrogen (secondary N) is 1. The van der Waals surface area contributed by atoms with Crippen molar-refractivity contribution in [1.29, 1.82) is 0 Å². The number of aromatic nitrogens is 4. The van der Waals surface area contributed by atoms with Crippen molar-refractivity contribution in [1.82, 2.24) is 19.7 Å². The van der Waals surface area contributed by atoms with Crippen molar-refractivity contribution in [2.75, 3.05) is 0 Å². The molecule has 0 spiro atoms. The molecule has 0 fully saturated rings. The molecule has 130 valence electrons. The number of nitrogens with zero attached hydrogens (tertiary/aromatic N) is 3. The second kappa shape index (κ2) is 6.97. The molecule has 4 aromatic rings. The zero-order valence-electron chi connectivity index (χ0n) is 13.9. The zero-order valence-corrected chi connectivity index (χ0v) is 15.5. The number of aromatic amines is 1. The second-order valence-electron chi connectivity index (χ2n) is 5.86. The van der Waals surface area contributed by atoms with Gasteiger partial charge < -0.3 is 4.98 Å². The van der Waals surface area contributed by atoms with E-state index < -0.39 is 0 Å². The summed E-state index contributed by atoms with van der Waals surface area (Å²) < 4.78 is 1.63. The summed E-state index contributed by atoms with van der Waals surface area (Å²) in [6.45, 7) is 2.07. The van der Waals surface area contributed by atoms with Crippen LogP contribution in [0.4, 0.5) is 0 Å². The molecule has 1 N–H and O–H groups in total. The van der Waals surface area contributed by atoms with Crippen LogP contribution in [0.15, 0.2) is 64.7 Å². The fourth-order valence-corrected chi connectivity index (χ4v) is 3.80. The Balaban J connectivity index is 1.72. The van der Waals surface area contributed by atoms with Crippen LogP contribution in [-0.2, 0) is 5.75 Å². The van der Waals surface area contributed by atoms with E-state index in [9.17, 15) is 4.79 Å². The number of hydrogen-bond donors (Lipinski definition) is 1. The molecule has 5 nitrogen and oxygen atoms in total. The van der Waals surface area contributed by atoms with Crippen molar-refractivity contribution in [3.05, 3.63) is 81.2 Å². The van der Waals surface area contributed by atoms with E-state index in [1.165, 1.54) is 29.1 Å². The first kappa shape index (κ1) is 16.9. The average Bonchev–Trinajstić information content (AvgIpc) is 3.06. The maximum absolute atomic E-state index is 12.4. The van der Waals surface area contributed by atoms with Crippen molar-refractivity contribution >= 4 is 34.4 Å². The zero-order chi connectivity index (χ0) is 18.1. The normalized spacial score (nSPS) is 11.2. The quantitative estimate of drug-likeness (QED) is 0.420. The predicted molar refractivity (Wildman–Crippen MR) is 105 cm³/mol. The standard InChI is InChI=1S/C19H15ClN4OS/c1-12-5-2-3-6-13(12)11-26-19-22-17-16(18(25)23-19)10-21-24(17)15-8-4-7-14(20)9-15/h2-10H,11H2,1H3,(H,22,23,25). The van der Waals surface area contributed by atoms with Gasteiger partial charge in [0.2, 0.25) is 0 Å². The Kier molecular flexibility index (Phi) is 4.53. The summed E-state index contributed by atoms with van der Waals surface area (Å²) in [6, 6.07) is 15.5. The Morgan fingerprint density at radius 3 is 2.85 bits per heavy atom. The summed E-state index contributed by atoms with van der Waals surface area (Å²) >= 11 is 7.57. The maximum atomic E-state index is 12.4. The molecule has 2 aromatic carbocycles. The Hall–Kier alpha value is -2.57. The monoisotopic (exact) mass is 382 g/mol. The number of benzene rings is 2. The molecule has 0 radical (unpaired) electrons. The minimum absolute atomic E-state index is 0.199. The summed E-state index contributed by atoms with van der Waals surface area (Å²) in [4.78, 5) is 19.8. The SMILES string of the molecule is Cc1ccccc1CSc1nc2c(cnn2-c2cccc(Cl)c2)c(=O)[nH]1. The van der Waals surface area contributed by atoms with Crippen molar-refractivity contribution in [2.45, 2.75) is 17.8 Å². The molecule has 2 heterocycles. The van der Waals surface area contributed by atoms with Crippen LogP contribution in [-0.4, -0.2) is 19.7 Å². The summed E-state index contributed by atoms with van der Waals surface area (Å²) in [6.07, 6.45) is 1.53. The third-order valence-corrected chi connectivity index (χ3v) is 5.25. The summed E-state index contributed by atoms with van der Waals surface area (Å²) in [7, 11) is 0. The highest BCUT2D eigenvalue weighted by Crippen LogP contribution is 2.23. The second-order valence-corrected chi connectivity index (χ2v) is 7.26. The van der Waals surface area contributed by atoms with Gasteiger partial charge in [-0.3, -0.25) is 4.79 Å². The van der Waals surface area contributed by atoms with Crippen molar-refractivity contribution in [3.8, 4) is 5.69 Å². The van der Waals surface area contributed by atoms with Crippen LogP contribution >= 0.6 is 23.4 Å². The molecule has 2 aromatic heterocycles. The molecule has 4 rings (SSSR count). The molecule has 0 aliphatic carbocycles. The van der Waals surface area contributed by atoms with Crippen LogP contribution in [0.3, 0.4) is 0 Å². The van der Waals surface area contributed by atoms with Crippen molar-refractivity contribution < 1.29 is 0 Å². The lowest BCUT2D eigenvalue weighted by Crippen LogP contribution is -2.09. The third-order valence-electron chi connectivity index (χ3n) is 4.09. The topological polar surface area (TPSA) is 63.6 Å². The first-order chi connectivity index (χ1) is 12.6. The van der Waals surface area contributed by atoms with E-state index in [4.69, 9.17) is 11.6 Å². The fourth-order valence-electron chi connectivity index (χ4n) is 2.68. The lowest BCUT2D eigenvalue weighted by Gasteiger charge is -2.06. The van der Waals surface area contributed by atoms with Crippen LogP contribution in [0.2, 0.25) is 5.02 Å². The smallest absolute Gasteiger partial charge is 0.262 e. The molecule has 0 amide bonds. The number of thioether (sulfide) groups is 1. The molecule has 7 heteroatoms. The molecule has 0 bridgehead atoms. The molecule has 0 unspecified atom stereocenters. The first-order valence-electron chi connectivity index (χ1n) is 8.03. The van der Waals surface area contributed by atoms with Gasteiger partial charge in [0.15, 0.2) is 10.8 Å². The van der Waals surface area contributed by atoms with Crippen molar-refractivity contribution in [2.24, 2.45) is 0 Å². The molecular formula is C19H15ClN4OS. The first-order valence-corrected chi connectivity index (χ1v) is 9.39. The highest BCUT2D eigenvalue weighted by molar-refractivity contribution is 7.98. The third kappa shape index (κ3) is 3.25.